The Balaban J connectivity index is 2.32. The van der Waals surface area contributed by atoms with Crippen LogP contribution < -0.4 is 5.32 Å². The molecule has 0 saturated carbocycles. The molecular weight excluding hydrogens is 224 g/mol. The maximum Gasteiger partial charge on any atom is 0.0634 e. The highest BCUT2D eigenvalue weighted by Crippen LogP contribution is 2.13. The van der Waals surface area contributed by atoms with Crippen molar-refractivity contribution in [3.63, 3.8) is 0 Å². The van der Waals surface area contributed by atoms with Gasteiger partial charge in [0.2, 0.25) is 0 Å². The van der Waals surface area contributed by atoms with Crippen molar-refractivity contribution in [3.05, 3.63) is 29.0 Å². The first-order chi connectivity index (χ1) is 7.77. The number of aliphatic hydroxyl groups excluding tert-OH is 1. The van der Waals surface area contributed by atoms with Crippen molar-refractivity contribution in [1.82, 2.24) is 10.3 Å². The Morgan fingerprint density at radius 1 is 1.56 bits per heavy atom. The number of hydrogen-bond donors (Lipinski definition) is 2. The molecule has 3 nitrogen and oxygen atoms in total. The molecule has 1 rings (SSSR count). The lowest BCUT2D eigenvalue weighted by Crippen LogP contribution is -2.23. The van der Waals surface area contributed by atoms with E-state index < -0.39 is 0 Å². The molecule has 0 amide bonds. The Morgan fingerprint density at radius 3 is 3.00 bits per heavy atom. The van der Waals surface area contributed by atoms with Gasteiger partial charge in [0.1, 0.15) is 0 Å². The predicted molar refractivity (Wildman–Crippen MR) is 66.4 cm³/mol. The molecule has 0 spiro atoms. The lowest BCUT2D eigenvalue weighted by Gasteiger charge is -2.14. The summed E-state index contributed by atoms with van der Waals surface area (Å²) >= 11 is 5.99. The van der Waals surface area contributed by atoms with Crippen LogP contribution in [0.1, 0.15) is 25.3 Å². The smallest absolute Gasteiger partial charge is 0.0634 e. The minimum Gasteiger partial charge on any atom is -0.396 e. The van der Waals surface area contributed by atoms with Crippen molar-refractivity contribution >= 4 is 11.6 Å². The molecule has 0 fully saturated rings. The first kappa shape index (κ1) is 13.4. The molecule has 0 aromatic carbocycles. The highest BCUT2D eigenvalue weighted by atomic mass is 35.5. The van der Waals surface area contributed by atoms with Crippen molar-refractivity contribution in [2.75, 3.05) is 13.2 Å². The molecule has 1 unspecified atom stereocenters. The average molecular weight is 243 g/mol. The Labute approximate surface area is 102 Å². The van der Waals surface area contributed by atoms with E-state index in [1.54, 1.807) is 12.4 Å². The summed E-state index contributed by atoms with van der Waals surface area (Å²) in [7, 11) is 0. The predicted octanol–water partition coefficient (Wildman–Crippen LogP) is 2.23. The normalized spacial score (nSPS) is 12.7. The number of aliphatic hydroxyl groups is 1. The zero-order chi connectivity index (χ0) is 11.8. The summed E-state index contributed by atoms with van der Waals surface area (Å²) in [5.74, 6) is 0.533. The van der Waals surface area contributed by atoms with Crippen LogP contribution in [-0.4, -0.2) is 23.2 Å². The second kappa shape index (κ2) is 7.60. The van der Waals surface area contributed by atoms with Crippen LogP contribution >= 0.6 is 11.6 Å². The second-order valence-corrected chi connectivity index (χ2v) is 4.29. The molecule has 0 aliphatic rings. The molecule has 0 radical (unpaired) electrons. The van der Waals surface area contributed by atoms with Gasteiger partial charge in [0.05, 0.1) is 5.02 Å². The van der Waals surface area contributed by atoms with Gasteiger partial charge in [-0.15, -0.1) is 0 Å². The van der Waals surface area contributed by atoms with E-state index in [0.717, 1.165) is 31.5 Å². The first-order valence-corrected chi connectivity index (χ1v) is 6.05. The van der Waals surface area contributed by atoms with E-state index in [-0.39, 0.29) is 6.61 Å². The minimum absolute atomic E-state index is 0.260. The van der Waals surface area contributed by atoms with E-state index in [9.17, 15) is 0 Å². The summed E-state index contributed by atoms with van der Waals surface area (Å²) in [5.41, 5.74) is 1.07. The van der Waals surface area contributed by atoms with Gasteiger partial charge in [0, 0.05) is 25.5 Å². The quantitative estimate of drug-likeness (QED) is 0.771. The van der Waals surface area contributed by atoms with Crippen LogP contribution in [0, 0.1) is 5.92 Å². The van der Waals surface area contributed by atoms with Gasteiger partial charge in [0.25, 0.3) is 0 Å². The minimum atomic E-state index is 0.260. The number of pyridine rings is 1. The number of aromatic nitrogens is 1. The molecule has 0 saturated heterocycles. The van der Waals surface area contributed by atoms with Crippen LogP contribution in [0.5, 0.6) is 0 Å². The largest absolute Gasteiger partial charge is 0.396 e. The Hall–Kier alpha value is -0.640. The fraction of sp³-hybridized carbons (Fsp3) is 0.583. The molecule has 2 N–H and O–H groups in total. The zero-order valence-electron chi connectivity index (χ0n) is 9.62. The van der Waals surface area contributed by atoms with Gasteiger partial charge in [-0.25, -0.2) is 0 Å². The maximum atomic E-state index is 8.87. The maximum absolute atomic E-state index is 8.87. The van der Waals surface area contributed by atoms with Gasteiger partial charge in [0.15, 0.2) is 0 Å². The van der Waals surface area contributed by atoms with Gasteiger partial charge >= 0.3 is 0 Å². The zero-order valence-corrected chi connectivity index (χ0v) is 10.4. The molecule has 0 aliphatic heterocycles. The van der Waals surface area contributed by atoms with E-state index in [1.165, 1.54) is 0 Å². The molecule has 4 heteroatoms. The fourth-order valence-corrected chi connectivity index (χ4v) is 1.78. The van der Waals surface area contributed by atoms with Gasteiger partial charge in [-0.2, -0.15) is 0 Å². The average Bonchev–Trinajstić information content (AvgIpc) is 2.30. The van der Waals surface area contributed by atoms with E-state index in [4.69, 9.17) is 16.7 Å². The van der Waals surface area contributed by atoms with Crippen molar-refractivity contribution in [2.45, 2.75) is 26.3 Å². The summed E-state index contributed by atoms with van der Waals surface area (Å²) in [6.07, 6.45) is 5.34. The van der Waals surface area contributed by atoms with Crippen LogP contribution in [0.25, 0.3) is 0 Å². The topological polar surface area (TPSA) is 45.1 Å². The van der Waals surface area contributed by atoms with E-state index in [0.29, 0.717) is 10.9 Å². The monoisotopic (exact) mass is 242 g/mol. The lowest BCUT2D eigenvalue weighted by atomic mass is 10.0. The summed E-state index contributed by atoms with van der Waals surface area (Å²) < 4.78 is 0. The molecule has 1 atom stereocenters. The Morgan fingerprint density at radius 2 is 2.38 bits per heavy atom. The molecule has 0 aliphatic carbocycles. The highest BCUT2D eigenvalue weighted by molar-refractivity contribution is 6.31. The number of hydrogen-bond acceptors (Lipinski definition) is 3. The SMILES string of the molecule is CCC(CCO)CNCc1ccncc1Cl. The van der Waals surface area contributed by atoms with Crippen LogP contribution in [0.3, 0.4) is 0 Å². The van der Waals surface area contributed by atoms with Crippen LogP contribution in [0.4, 0.5) is 0 Å². The highest BCUT2D eigenvalue weighted by Gasteiger charge is 2.05. The van der Waals surface area contributed by atoms with Gasteiger partial charge in [-0.3, -0.25) is 4.98 Å². The number of halogens is 1. The second-order valence-electron chi connectivity index (χ2n) is 3.88. The third-order valence-electron chi connectivity index (χ3n) is 2.72. The number of rotatable bonds is 7. The Kier molecular flexibility index (Phi) is 6.38. The summed E-state index contributed by atoms with van der Waals surface area (Å²) in [6, 6.07) is 1.92. The van der Waals surface area contributed by atoms with Crippen molar-refractivity contribution in [1.29, 1.82) is 0 Å². The van der Waals surface area contributed by atoms with Gasteiger partial charge in [-0.1, -0.05) is 24.9 Å². The van der Waals surface area contributed by atoms with Crippen molar-refractivity contribution in [3.8, 4) is 0 Å². The van der Waals surface area contributed by atoms with Gasteiger partial charge in [-0.05, 0) is 30.5 Å². The standard InChI is InChI=1S/C12H19ClN2O/c1-2-10(4-6-16)7-15-8-11-3-5-14-9-12(11)13/h3,5,9-10,15-16H,2,4,6-8H2,1H3. The number of nitrogens with one attached hydrogen (secondary N) is 1. The molecule has 16 heavy (non-hydrogen) atoms. The van der Waals surface area contributed by atoms with Crippen molar-refractivity contribution < 1.29 is 5.11 Å². The lowest BCUT2D eigenvalue weighted by molar-refractivity contribution is 0.251. The molecule has 1 aromatic rings. The first-order valence-electron chi connectivity index (χ1n) is 5.67. The van der Waals surface area contributed by atoms with Crippen LogP contribution in [0.2, 0.25) is 5.02 Å². The Bertz CT molecular complexity index is 307. The molecular formula is C12H19ClN2O. The van der Waals surface area contributed by atoms with E-state index in [1.807, 2.05) is 6.07 Å². The van der Waals surface area contributed by atoms with E-state index >= 15 is 0 Å². The third kappa shape index (κ3) is 4.47. The van der Waals surface area contributed by atoms with Crippen molar-refractivity contribution in [2.24, 2.45) is 5.92 Å². The summed E-state index contributed by atoms with van der Waals surface area (Å²) in [4.78, 5) is 3.94. The molecule has 90 valence electrons. The molecule has 1 heterocycles. The van der Waals surface area contributed by atoms with Crippen LogP contribution in [-0.2, 0) is 6.54 Å². The van der Waals surface area contributed by atoms with Crippen LogP contribution in [0.15, 0.2) is 18.5 Å². The molecule has 1 aromatic heterocycles. The number of nitrogens with zero attached hydrogens (tertiary/aromatic N) is 1. The van der Waals surface area contributed by atoms with E-state index in [2.05, 4.69) is 17.2 Å². The third-order valence-corrected chi connectivity index (χ3v) is 3.06. The summed E-state index contributed by atoms with van der Waals surface area (Å²) in [5, 5.41) is 12.9. The fourth-order valence-electron chi connectivity index (χ4n) is 1.59. The summed E-state index contributed by atoms with van der Waals surface area (Å²) in [6.45, 7) is 4.07. The van der Waals surface area contributed by atoms with Gasteiger partial charge < -0.3 is 10.4 Å². The molecule has 0 bridgehead atoms.